The summed E-state index contributed by atoms with van der Waals surface area (Å²) in [7, 11) is -2.19. The molecule has 1 saturated heterocycles. The number of nitrogens with one attached hydrogen (secondary N) is 1. The summed E-state index contributed by atoms with van der Waals surface area (Å²) in [5.74, 6) is -0.144. The summed E-state index contributed by atoms with van der Waals surface area (Å²) < 4.78 is 37.1. The second kappa shape index (κ2) is 8.59. The standard InChI is InChI=1S/C19H22N2O6S/c1-26-15-4-2-14(3-5-15)13-20-19(23)17-12-16(6-7-18(17)22)28(24,25)21-8-10-27-11-9-21/h2-7,12,22H,8-11,13H2,1H3,(H,20,23). The van der Waals surface area contributed by atoms with Crippen LogP contribution in [0.15, 0.2) is 47.4 Å². The monoisotopic (exact) mass is 406 g/mol. The Labute approximate surface area is 163 Å². The summed E-state index contributed by atoms with van der Waals surface area (Å²) in [6.07, 6.45) is 0. The summed E-state index contributed by atoms with van der Waals surface area (Å²) in [6.45, 7) is 1.38. The minimum Gasteiger partial charge on any atom is -0.507 e. The predicted molar refractivity (Wildman–Crippen MR) is 102 cm³/mol. The van der Waals surface area contributed by atoms with E-state index in [0.717, 1.165) is 5.56 Å². The maximum absolute atomic E-state index is 12.8. The topological polar surface area (TPSA) is 105 Å². The highest BCUT2D eigenvalue weighted by atomic mass is 32.2. The number of amides is 1. The van der Waals surface area contributed by atoms with E-state index < -0.39 is 15.9 Å². The van der Waals surface area contributed by atoms with E-state index in [0.29, 0.717) is 19.0 Å². The quantitative estimate of drug-likeness (QED) is 0.750. The van der Waals surface area contributed by atoms with Crippen LogP contribution in [-0.4, -0.2) is 57.1 Å². The van der Waals surface area contributed by atoms with Crippen molar-refractivity contribution in [2.75, 3.05) is 33.4 Å². The summed E-state index contributed by atoms with van der Waals surface area (Å²) >= 11 is 0. The van der Waals surface area contributed by atoms with Crippen LogP contribution in [0.1, 0.15) is 15.9 Å². The van der Waals surface area contributed by atoms with Gasteiger partial charge in [0.25, 0.3) is 5.91 Å². The number of carbonyl (C=O) groups is 1. The van der Waals surface area contributed by atoms with E-state index in [-0.39, 0.29) is 35.8 Å². The highest BCUT2D eigenvalue weighted by Crippen LogP contribution is 2.24. The van der Waals surface area contributed by atoms with E-state index in [1.807, 2.05) is 0 Å². The molecule has 1 heterocycles. The van der Waals surface area contributed by atoms with Crippen LogP contribution >= 0.6 is 0 Å². The molecule has 3 rings (SSSR count). The molecule has 1 aliphatic rings. The fourth-order valence-electron chi connectivity index (χ4n) is 2.81. The molecule has 1 fully saturated rings. The lowest BCUT2D eigenvalue weighted by Crippen LogP contribution is -2.40. The van der Waals surface area contributed by atoms with Crippen LogP contribution < -0.4 is 10.1 Å². The Morgan fingerprint density at radius 1 is 1.18 bits per heavy atom. The number of sulfonamides is 1. The average molecular weight is 406 g/mol. The summed E-state index contributed by atoms with van der Waals surface area (Å²) in [4.78, 5) is 12.5. The van der Waals surface area contributed by atoms with E-state index in [9.17, 15) is 18.3 Å². The van der Waals surface area contributed by atoms with Gasteiger partial charge in [0.2, 0.25) is 10.0 Å². The number of rotatable bonds is 6. The van der Waals surface area contributed by atoms with Gasteiger partial charge in [-0.1, -0.05) is 12.1 Å². The molecule has 1 amide bonds. The number of phenolic OH excluding ortho intramolecular Hbond substituents is 1. The van der Waals surface area contributed by atoms with Gasteiger partial charge in [-0.3, -0.25) is 4.79 Å². The maximum atomic E-state index is 12.8. The molecule has 0 atom stereocenters. The molecule has 2 N–H and O–H groups in total. The van der Waals surface area contributed by atoms with E-state index >= 15 is 0 Å². The highest BCUT2D eigenvalue weighted by Gasteiger charge is 2.27. The molecule has 0 aliphatic carbocycles. The Hall–Kier alpha value is -2.62. The number of ether oxygens (including phenoxy) is 2. The molecule has 9 heteroatoms. The summed E-state index contributed by atoms with van der Waals surface area (Å²) in [5.41, 5.74) is 0.744. The molecule has 2 aromatic carbocycles. The predicted octanol–water partition coefficient (Wildman–Crippen LogP) is 1.35. The normalized spacial score (nSPS) is 15.2. The number of hydrogen-bond donors (Lipinski definition) is 2. The fraction of sp³-hybridized carbons (Fsp3) is 0.316. The molecular formula is C19H22N2O6S. The third-order valence-corrected chi connectivity index (χ3v) is 6.33. The first kappa shape index (κ1) is 20.1. The first-order valence-electron chi connectivity index (χ1n) is 8.74. The smallest absolute Gasteiger partial charge is 0.255 e. The number of carbonyl (C=O) groups excluding carboxylic acids is 1. The third-order valence-electron chi connectivity index (χ3n) is 4.43. The highest BCUT2D eigenvalue weighted by molar-refractivity contribution is 7.89. The van der Waals surface area contributed by atoms with Crippen molar-refractivity contribution < 1.29 is 27.8 Å². The minimum absolute atomic E-state index is 0.0400. The number of methoxy groups -OCH3 is 1. The molecular weight excluding hydrogens is 384 g/mol. The number of hydrogen-bond acceptors (Lipinski definition) is 6. The molecule has 0 radical (unpaired) electrons. The number of benzene rings is 2. The van der Waals surface area contributed by atoms with Crippen molar-refractivity contribution in [3.8, 4) is 11.5 Å². The lowest BCUT2D eigenvalue weighted by Gasteiger charge is -2.26. The zero-order valence-corrected chi connectivity index (χ0v) is 16.2. The Morgan fingerprint density at radius 3 is 2.50 bits per heavy atom. The van der Waals surface area contributed by atoms with Gasteiger partial charge in [-0.05, 0) is 35.9 Å². The van der Waals surface area contributed by atoms with E-state index in [2.05, 4.69) is 5.32 Å². The zero-order valence-electron chi connectivity index (χ0n) is 15.4. The average Bonchev–Trinajstić information content (AvgIpc) is 2.73. The van der Waals surface area contributed by atoms with Gasteiger partial charge in [-0.25, -0.2) is 8.42 Å². The van der Waals surface area contributed by atoms with Gasteiger partial charge in [-0.2, -0.15) is 4.31 Å². The molecule has 0 spiro atoms. The SMILES string of the molecule is COc1ccc(CNC(=O)c2cc(S(=O)(=O)N3CCOCC3)ccc2O)cc1. The van der Waals surface area contributed by atoms with Crippen LogP contribution in [0.2, 0.25) is 0 Å². The van der Waals surface area contributed by atoms with E-state index in [1.54, 1.807) is 31.4 Å². The Morgan fingerprint density at radius 2 is 1.86 bits per heavy atom. The Kier molecular flexibility index (Phi) is 6.18. The molecule has 8 nitrogen and oxygen atoms in total. The van der Waals surface area contributed by atoms with Crippen molar-refractivity contribution in [2.45, 2.75) is 11.4 Å². The van der Waals surface area contributed by atoms with Crippen LogP contribution in [0.4, 0.5) is 0 Å². The van der Waals surface area contributed by atoms with Crippen LogP contribution in [0.25, 0.3) is 0 Å². The molecule has 1 aliphatic heterocycles. The first-order chi connectivity index (χ1) is 13.4. The lowest BCUT2D eigenvalue weighted by atomic mass is 10.1. The number of phenols is 1. The van der Waals surface area contributed by atoms with E-state index in [1.165, 1.54) is 22.5 Å². The molecule has 0 aromatic heterocycles. The molecule has 2 aromatic rings. The van der Waals surface area contributed by atoms with Crippen molar-refractivity contribution in [3.05, 3.63) is 53.6 Å². The largest absolute Gasteiger partial charge is 0.507 e. The lowest BCUT2D eigenvalue weighted by molar-refractivity contribution is 0.0730. The summed E-state index contributed by atoms with van der Waals surface area (Å²) in [5, 5.41) is 12.7. The Balaban J connectivity index is 1.75. The fourth-order valence-corrected chi connectivity index (χ4v) is 4.25. The Bertz CT molecular complexity index is 937. The van der Waals surface area contributed by atoms with E-state index in [4.69, 9.17) is 9.47 Å². The van der Waals surface area contributed by atoms with Gasteiger partial charge in [-0.15, -0.1) is 0 Å². The van der Waals surface area contributed by atoms with Crippen LogP contribution in [-0.2, 0) is 21.3 Å². The molecule has 150 valence electrons. The molecule has 0 unspecified atom stereocenters. The van der Waals surface area contributed by atoms with Crippen molar-refractivity contribution in [2.24, 2.45) is 0 Å². The zero-order chi connectivity index (χ0) is 20.1. The third kappa shape index (κ3) is 4.44. The molecule has 28 heavy (non-hydrogen) atoms. The number of aromatic hydroxyl groups is 1. The molecule has 0 bridgehead atoms. The maximum Gasteiger partial charge on any atom is 0.255 e. The van der Waals surface area contributed by atoms with Crippen LogP contribution in [0, 0.1) is 0 Å². The second-order valence-electron chi connectivity index (χ2n) is 6.23. The van der Waals surface area contributed by atoms with Crippen LogP contribution in [0.5, 0.6) is 11.5 Å². The minimum atomic E-state index is -3.76. The van der Waals surface area contributed by atoms with Gasteiger partial charge < -0.3 is 19.9 Å². The van der Waals surface area contributed by atoms with Gasteiger partial charge in [0.15, 0.2) is 0 Å². The van der Waals surface area contributed by atoms with Crippen molar-refractivity contribution in [3.63, 3.8) is 0 Å². The number of nitrogens with zero attached hydrogens (tertiary/aromatic N) is 1. The van der Waals surface area contributed by atoms with Gasteiger partial charge >= 0.3 is 0 Å². The van der Waals surface area contributed by atoms with Crippen molar-refractivity contribution in [1.29, 1.82) is 0 Å². The number of morpholine rings is 1. The first-order valence-corrected chi connectivity index (χ1v) is 10.2. The second-order valence-corrected chi connectivity index (χ2v) is 8.16. The van der Waals surface area contributed by atoms with Crippen molar-refractivity contribution in [1.82, 2.24) is 9.62 Å². The molecule has 0 saturated carbocycles. The summed E-state index contributed by atoms with van der Waals surface area (Å²) in [6, 6.07) is 10.9. The van der Waals surface area contributed by atoms with Crippen molar-refractivity contribution >= 4 is 15.9 Å². The van der Waals surface area contributed by atoms with Gasteiger partial charge in [0.1, 0.15) is 11.5 Å². The van der Waals surface area contributed by atoms with Crippen LogP contribution in [0.3, 0.4) is 0 Å². The van der Waals surface area contributed by atoms with Gasteiger partial charge in [0, 0.05) is 19.6 Å². The van der Waals surface area contributed by atoms with Gasteiger partial charge in [0.05, 0.1) is 30.8 Å².